The number of aromatic nitrogens is 2. The molecule has 3 fully saturated rings. The first-order valence-electron chi connectivity index (χ1n) is 15.7. The summed E-state index contributed by atoms with van der Waals surface area (Å²) in [4.78, 5) is 59.4. The van der Waals surface area contributed by atoms with Gasteiger partial charge in [0.05, 0.1) is 17.4 Å². The van der Waals surface area contributed by atoms with E-state index >= 15 is 0 Å². The van der Waals surface area contributed by atoms with E-state index in [9.17, 15) is 24.3 Å². The average molecular weight is 672 g/mol. The number of ether oxygens (including phenoxy) is 2. The van der Waals surface area contributed by atoms with E-state index in [2.05, 4.69) is 33.2 Å². The summed E-state index contributed by atoms with van der Waals surface area (Å²) >= 11 is 3.44. The van der Waals surface area contributed by atoms with Crippen LogP contribution in [0.4, 0.5) is 4.79 Å². The number of carbonyl (C=O) groups is 3. The first kappa shape index (κ1) is 30.6. The number of carbonyl (C=O) groups excluding carboxylic acids is 2. The topological polar surface area (TPSA) is 140 Å². The van der Waals surface area contributed by atoms with Gasteiger partial charge in [0.15, 0.2) is 0 Å². The minimum Gasteiger partial charge on any atom is -0.480 e. The predicted octanol–water partition coefficient (Wildman–Crippen LogP) is 4.64. The maximum absolute atomic E-state index is 14.1. The molecule has 2 aromatic rings. The van der Waals surface area contributed by atoms with Gasteiger partial charge in [0, 0.05) is 17.4 Å². The van der Waals surface area contributed by atoms with Gasteiger partial charge in [-0.1, -0.05) is 47.8 Å². The number of benzene rings is 1. The molecule has 2 aliphatic heterocycles. The van der Waals surface area contributed by atoms with Gasteiger partial charge in [-0.05, 0) is 74.5 Å². The number of nitrogens with zero attached hydrogens (tertiary/aromatic N) is 3. The molecule has 2 aliphatic carbocycles. The quantitative estimate of drug-likeness (QED) is 0.441. The van der Waals surface area contributed by atoms with Crippen LogP contribution in [0.1, 0.15) is 64.7 Å². The number of carboxylic acid groups (broad SMARTS) is 1. The summed E-state index contributed by atoms with van der Waals surface area (Å²) < 4.78 is 14.4. The van der Waals surface area contributed by atoms with Crippen LogP contribution >= 0.6 is 15.9 Å². The Labute approximate surface area is 264 Å². The second-order valence-corrected chi connectivity index (χ2v) is 13.6. The van der Waals surface area contributed by atoms with Crippen molar-refractivity contribution in [2.45, 2.75) is 95.5 Å². The molecule has 2 saturated carbocycles. The predicted molar refractivity (Wildman–Crippen MR) is 165 cm³/mol. The molecule has 0 spiro atoms. The minimum atomic E-state index is -1.15. The number of carboxylic acids is 1. The molecule has 1 unspecified atom stereocenters. The van der Waals surface area contributed by atoms with Crippen LogP contribution < -0.4 is 15.6 Å². The summed E-state index contributed by atoms with van der Waals surface area (Å²) in [5.41, 5.74) is 0.187. The zero-order valence-electron chi connectivity index (χ0n) is 24.8. The zero-order valence-corrected chi connectivity index (χ0v) is 26.4. The third-order valence-electron chi connectivity index (χ3n) is 9.89. The largest absolute Gasteiger partial charge is 0.480 e. The van der Waals surface area contributed by atoms with E-state index in [1.807, 2.05) is 12.2 Å². The van der Waals surface area contributed by atoms with Crippen molar-refractivity contribution >= 4 is 44.8 Å². The van der Waals surface area contributed by atoms with Gasteiger partial charge in [-0.2, -0.15) is 4.98 Å². The molecule has 44 heavy (non-hydrogen) atoms. The Hall–Kier alpha value is -3.41. The Morgan fingerprint density at radius 1 is 1.07 bits per heavy atom. The van der Waals surface area contributed by atoms with E-state index < -0.39 is 36.2 Å². The second-order valence-electron chi connectivity index (χ2n) is 12.7. The lowest BCUT2D eigenvalue weighted by Gasteiger charge is -2.31. The molecule has 4 aliphatic rings. The standard InChI is InChI=1S/C32H39BrN4O7/c1-18-10-13-26-22(18)9-3-2-6-14-36-28(38)23-12-11-20(33)15-24(23)34-31(36)43-21-16-25(30(40)41)37(17-21)29(39)27(35-32(42)44-26)19-7-4-5-8-19/h2,6,11-12,15,18-19,21-22,25-27H,3-5,7-10,13-14,16-17H2,1H3,(H,35,42)(H,40,41)/t18?,21-,22+,25+,26-,27+/m1/s1. The lowest BCUT2D eigenvalue weighted by Crippen LogP contribution is -2.55. The number of halogens is 1. The molecule has 3 heterocycles. The lowest BCUT2D eigenvalue weighted by atomic mass is 9.91. The SMILES string of the molecule is CC1CC[C@H]2OC(=O)N[C@@H](C3CCCC3)C(=O)N3C[C@@H](C[C@H]3C(=O)O)Oc3nc4cc(Br)ccc4c(=O)n3CC=CCC[C@@H]12. The summed E-state index contributed by atoms with van der Waals surface area (Å²) in [6, 6.07) is 3.28. The van der Waals surface area contributed by atoms with Gasteiger partial charge in [0.1, 0.15) is 24.3 Å². The molecule has 11 nitrogen and oxygen atoms in total. The summed E-state index contributed by atoms with van der Waals surface area (Å²) in [5, 5.41) is 13.4. The molecule has 6 atom stereocenters. The number of alkyl carbamates (subject to hydrolysis) is 1. The van der Waals surface area contributed by atoms with Gasteiger partial charge in [-0.25, -0.2) is 9.59 Å². The molecule has 1 saturated heterocycles. The highest BCUT2D eigenvalue weighted by Crippen LogP contribution is 2.37. The first-order valence-corrected chi connectivity index (χ1v) is 16.5. The second kappa shape index (κ2) is 12.9. The van der Waals surface area contributed by atoms with Crippen LogP contribution in [0.5, 0.6) is 6.01 Å². The number of allylic oxidation sites excluding steroid dienone is 2. The molecule has 2 bridgehead atoms. The minimum absolute atomic E-state index is 0.0137. The molecule has 12 heteroatoms. The molecule has 1 aromatic carbocycles. The van der Waals surface area contributed by atoms with Crippen molar-refractivity contribution in [3.63, 3.8) is 0 Å². The van der Waals surface area contributed by atoms with Crippen molar-refractivity contribution in [3.8, 4) is 6.01 Å². The number of nitrogens with one attached hydrogen (secondary N) is 1. The molecule has 2 N–H and O–H groups in total. The highest BCUT2D eigenvalue weighted by molar-refractivity contribution is 9.10. The van der Waals surface area contributed by atoms with Crippen molar-refractivity contribution in [2.24, 2.45) is 17.8 Å². The van der Waals surface area contributed by atoms with Gasteiger partial charge in [-0.15, -0.1) is 0 Å². The summed E-state index contributed by atoms with van der Waals surface area (Å²) in [6.07, 6.45) is 9.04. The monoisotopic (exact) mass is 670 g/mol. The van der Waals surface area contributed by atoms with Gasteiger partial charge in [0.25, 0.3) is 11.6 Å². The normalized spacial score (nSPS) is 30.2. The molecule has 2 amide bonds. The number of hydrogen-bond donors (Lipinski definition) is 2. The fraction of sp³-hybridized carbons (Fsp3) is 0.594. The molecule has 1 aromatic heterocycles. The van der Waals surface area contributed by atoms with Crippen LogP contribution in [0.15, 0.2) is 39.6 Å². The maximum Gasteiger partial charge on any atom is 0.408 e. The van der Waals surface area contributed by atoms with Gasteiger partial charge in [0.2, 0.25) is 5.91 Å². The van der Waals surface area contributed by atoms with E-state index in [0.717, 1.165) is 55.8 Å². The Balaban J connectivity index is 1.38. The van der Waals surface area contributed by atoms with Crippen molar-refractivity contribution in [1.82, 2.24) is 19.8 Å². The van der Waals surface area contributed by atoms with Crippen LogP contribution in [0, 0.1) is 17.8 Å². The average Bonchev–Trinajstić information content (AvgIpc) is 3.74. The number of rotatable bonds is 2. The van der Waals surface area contributed by atoms with Crippen LogP contribution in [-0.2, 0) is 20.9 Å². The van der Waals surface area contributed by atoms with E-state index in [4.69, 9.17) is 9.47 Å². The highest BCUT2D eigenvalue weighted by atomic mass is 79.9. The van der Waals surface area contributed by atoms with Crippen LogP contribution in [0.2, 0.25) is 0 Å². The van der Waals surface area contributed by atoms with Crippen molar-refractivity contribution in [2.75, 3.05) is 6.54 Å². The Morgan fingerprint density at radius 2 is 1.86 bits per heavy atom. The van der Waals surface area contributed by atoms with E-state index in [1.54, 1.807) is 18.2 Å². The summed E-state index contributed by atoms with van der Waals surface area (Å²) in [6.45, 7) is 2.38. The summed E-state index contributed by atoms with van der Waals surface area (Å²) in [5.74, 6) is -1.15. The third-order valence-corrected chi connectivity index (χ3v) is 10.4. The fourth-order valence-corrected chi connectivity index (χ4v) is 7.86. The highest BCUT2D eigenvalue weighted by Gasteiger charge is 2.46. The molecular weight excluding hydrogens is 632 g/mol. The van der Waals surface area contributed by atoms with Crippen LogP contribution in [0.25, 0.3) is 10.9 Å². The Kier molecular flexibility index (Phi) is 8.98. The molecule has 236 valence electrons. The lowest BCUT2D eigenvalue weighted by molar-refractivity contribution is -0.149. The van der Waals surface area contributed by atoms with Gasteiger partial charge in [-0.3, -0.25) is 14.2 Å². The Morgan fingerprint density at radius 3 is 2.64 bits per heavy atom. The molecule has 0 radical (unpaired) electrons. The van der Waals surface area contributed by atoms with E-state index in [1.165, 1.54) is 9.47 Å². The molecule has 6 rings (SSSR count). The summed E-state index contributed by atoms with van der Waals surface area (Å²) in [7, 11) is 0. The van der Waals surface area contributed by atoms with Crippen molar-refractivity contribution in [3.05, 3.63) is 45.2 Å². The van der Waals surface area contributed by atoms with Gasteiger partial charge < -0.3 is 24.8 Å². The first-order chi connectivity index (χ1) is 21.2. The number of hydrogen-bond acceptors (Lipinski definition) is 7. The molecular formula is C32H39BrN4O7. The smallest absolute Gasteiger partial charge is 0.408 e. The number of fused-ring (bicyclic) bond motifs is 5. The van der Waals surface area contributed by atoms with Crippen LogP contribution in [-0.4, -0.2) is 68.4 Å². The fourth-order valence-electron chi connectivity index (χ4n) is 7.51. The van der Waals surface area contributed by atoms with Crippen molar-refractivity contribution in [1.29, 1.82) is 0 Å². The number of aliphatic carboxylic acids is 1. The maximum atomic E-state index is 14.1. The van der Waals surface area contributed by atoms with E-state index in [-0.39, 0.29) is 49.0 Å². The van der Waals surface area contributed by atoms with Crippen LogP contribution in [0.3, 0.4) is 0 Å². The van der Waals surface area contributed by atoms with Crippen molar-refractivity contribution < 1.29 is 29.0 Å². The number of amides is 2. The zero-order chi connectivity index (χ0) is 31.0. The van der Waals surface area contributed by atoms with E-state index in [0.29, 0.717) is 16.8 Å². The van der Waals surface area contributed by atoms with Gasteiger partial charge >= 0.3 is 12.1 Å². The third kappa shape index (κ3) is 6.23. The Bertz CT molecular complexity index is 1520.